The Morgan fingerprint density at radius 1 is 0.769 bits per heavy atom. The summed E-state index contributed by atoms with van der Waals surface area (Å²) in [6, 6.07) is 30.3. The van der Waals surface area contributed by atoms with E-state index in [4.69, 9.17) is 4.42 Å². The van der Waals surface area contributed by atoms with Gasteiger partial charge in [0.15, 0.2) is 6.20 Å². The van der Waals surface area contributed by atoms with Crippen molar-refractivity contribution in [2.24, 2.45) is 12.5 Å². The highest BCUT2D eigenvalue weighted by atomic mass is 19.1. The molecule has 0 aliphatic rings. The Labute approximate surface area is 229 Å². The number of nitrogens with zero attached hydrogens (tertiary/aromatic N) is 1. The van der Waals surface area contributed by atoms with E-state index in [9.17, 15) is 0 Å². The Kier molecular flexibility index (Phi) is 6.10. The van der Waals surface area contributed by atoms with Gasteiger partial charge in [-0.15, -0.1) is 0 Å². The second-order valence-electron chi connectivity index (χ2n) is 11.8. The van der Waals surface area contributed by atoms with Gasteiger partial charge in [0.2, 0.25) is 5.69 Å². The van der Waals surface area contributed by atoms with Crippen LogP contribution >= 0.6 is 0 Å². The minimum Gasteiger partial charge on any atom is -0.455 e. The molecule has 0 amide bonds. The number of fused-ring (bicyclic) bond motifs is 3. The Balaban J connectivity index is 1.48. The van der Waals surface area contributed by atoms with E-state index in [2.05, 4.69) is 75.8 Å². The zero-order chi connectivity index (χ0) is 27.3. The zero-order valence-corrected chi connectivity index (χ0v) is 23.2. The van der Waals surface area contributed by atoms with E-state index in [-0.39, 0.29) is 11.2 Å². The molecular formula is C36H33FNO+. The highest BCUT2D eigenvalue weighted by Crippen LogP contribution is 2.40. The van der Waals surface area contributed by atoms with Crippen LogP contribution in [-0.4, -0.2) is 0 Å². The molecule has 3 heteroatoms. The van der Waals surface area contributed by atoms with Gasteiger partial charge >= 0.3 is 0 Å². The van der Waals surface area contributed by atoms with E-state index in [0.717, 1.165) is 56.3 Å². The predicted molar refractivity (Wildman–Crippen MR) is 159 cm³/mol. The maximum absolute atomic E-state index is 15.6. The van der Waals surface area contributed by atoms with Gasteiger partial charge in [0.25, 0.3) is 0 Å². The lowest BCUT2D eigenvalue weighted by Crippen LogP contribution is -2.31. The molecule has 0 unspecified atom stereocenters. The molecule has 2 heterocycles. The van der Waals surface area contributed by atoms with Gasteiger partial charge < -0.3 is 4.42 Å². The van der Waals surface area contributed by atoms with Crippen molar-refractivity contribution in [1.82, 2.24) is 0 Å². The lowest BCUT2D eigenvalue weighted by atomic mass is 9.88. The number of furan rings is 1. The van der Waals surface area contributed by atoms with Gasteiger partial charge in [0.1, 0.15) is 24.0 Å². The van der Waals surface area contributed by atoms with Crippen LogP contribution in [0.25, 0.3) is 55.4 Å². The largest absolute Gasteiger partial charge is 0.455 e. The molecule has 0 fully saturated rings. The molecule has 2 aromatic heterocycles. The van der Waals surface area contributed by atoms with Crippen molar-refractivity contribution in [1.29, 1.82) is 0 Å². The number of rotatable bonds is 4. The Morgan fingerprint density at radius 2 is 1.46 bits per heavy atom. The molecule has 0 aliphatic heterocycles. The fraction of sp³-hybridized carbons (Fsp3) is 0.194. The van der Waals surface area contributed by atoms with Crippen molar-refractivity contribution in [3.8, 4) is 33.5 Å². The third kappa shape index (κ3) is 4.74. The molecule has 39 heavy (non-hydrogen) atoms. The number of aromatic nitrogens is 1. The summed E-state index contributed by atoms with van der Waals surface area (Å²) < 4.78 is 24.3. The fourth-order valence-corrected chi connectivity index (χ4v) is 5.55. The van der Waals surface area contributed by atoms with Crippen LogP contribution in [0.4, 0.5) is 4.39 Å². The van der Waals surface area contributed by atoms with Crippen LogP contribution in [0.5, 0.6) is 0 Å². The van der Waals surface area contributed by atoms with Crippen molar-refractivity contribution in [3.05, 3.63) is 114 Å². The highest BCUT2D eigenvalue weighted by molar-refractivity contribution is 6.10. The number of hydrogen-bond donors (Lipinski definition) is 0. The molecule has 0 radical (unpaired) electrons. The van der Waals surface area contributed by atoms with E-state index in [1.165, 1.54) is 5.56 Å². The molecule has 0 atom stereocenters. The highest BCUT2D eigenvalue weighted by Gasteiger charge is 2.23. The first-order chi connectivity index (χ1) is 18.7. The molecule has 194 valence electrons. The summed E-state index contributed by atoms with van der Waals surface area (Å²) in [5, 5.41) is 1.72. The van der Waals surface area contributed by atoms with Crippen LogP contribution in [-0.2, 0) is 13.5 Å². The zero-order valence-electron chi connectivity index (χ0n) is 23.2. The monoisotopic (exact) mass is 514 g/mol. The maximum atomic E-state index is 15.6. The number of hydrogen-bond acceptors (Lipinski definition) is 1. The quantitative estimate of drug-likeness (QED) is 0.214. The Hall–Kier alpha value is -4.24. The molecule has 2 nitrogen and oxygen atoms in total. The summed E-state index contributed by atoms with van der Waals surface area (Å²) in [7, 11) is 2.06. The third-order valence-electron chi connectivity index (χ3n) is 7.45. The van der Waals surface area contributed by atoms with Crippen LogP contribution in [0.2, 0.25) is 0 Å². The predicted octanol–water partition coefficient (Wildman–Crippen LogP) is 9.45. The smallest absolute Gasteiger partial charge is 0.216 e. The average molecular weight is 515 g/mol. The first-order valence-electron chi connectivity index (χ1n) is 13.5. The first kappa shape index (κ1) is 25.1. The maximum Gasteiger partial charge on any atom is 0.216 e. The van der Waals surface area contributed by atoms with Crippen LogP contribution in [0.15, 0.2) is 102 Å². The lowest BCUT2D eigenvalue weighted by Gasteiger charge is -2.18. The van der Waals surface area contributed by atoms with Crippen LogP contribution in [0.3, 0.4) is 0 Å². The topological polar surface area (TPSA) is 17.0 Å². The van der Waals surface area contributed by atoms with E-state index < -0.39 is 0 Å². The van der Waals surface area contributed by atoms with Crippen LogP contribution < -0.4 is 4.57 Å². The summed E-state index contributed by atoms with van der Waals surface area (Å²) in [5.41, 5.74) is 9.84. The molecule has 6 aromatic rings. The average Bonchev–Trinajstić information content (AvgIpc) is 3.26. The Morgan fingerprint density at radius 3 is 2.18 bits per heavy atom. The number of aryl methyl sites for hydroxylation is 2. The summed E-state index contributed by atoms with van der Waals surface area (Å²) in [5.74, 6) is -0.252. The lowest BCUT2D eigenvalue weighted by molar-refractivity contribution is -0.660. The summed E-state index contributed by atoms with van der Waals surface area (Å²) in [6.07, 6.45) is 3.10. The van der Waals surface area contributed by atoms with Gasteiger partial charge in [-0.3, -0.25) is 0 Å². The standard InChI is InChI=1S/C36H33FNO/c1-23-11-16-28-30-20-31(37)29(27-14-12-26(13-15-27)25-9-7-6-8-10-25)21-33(30)39-35(28)34(23)32-19-24(17-18-38(32)5)22-36(2,3)4/h6-21H,22H2,1-5H3/q+1. The Bertz CT molecular complexity index is 1820. The second kappa shape index (κ2) is 9.50. The number of benzene rings is 4. The fourth-order valence-electron chi connectivity index (χ4n) is 5.55. The third-order valence-corrected chi connectivity index (χ3v) is 7.45. The normalized spacial score (nSPS) is 11.9. The molecule has 0 spiro atoms. The van der Waals surface area contributed by atoms with Crippen molar-refractivity contribution in [2.45, 2.75) is 34.1 Å². The van der Waals surface area contributed by atoms with Gasteiger partial charge in [0, 0.05) is 28.5 Å². The minimum atomic E-state index is -0.252. The van der Waals surface area contributed by atoms with Gasteiger partial charge in [-0.1, -0.05) is 87.5 Å². The van der Waals surface area contributed by atoms with Crippen molar-refractivity contribution in [2.75, 3.05) is 0 Å². The van der Waals surface area contributed by atoms with Crippen molar-refractivity contribution >= 4 is 21.9 Å². The molecule has 0 saturated carbocycles. The minimum absolute atomic E-state index is 0.185. The van der Waals surface area contributed by atoms with Gasteiger partial charge in [0.05, 0.1) is 5.56 Å². The van der Waals surface area contributed by atoms with Crippen molar-refractivity contribution < 1.29 is 13.4 Å². The first-order valence-corrected chi connectivity index (χ1v) is 13.5. The molecule has 0 aliphatic carbocycles. The van der Waals surface area contributed by atoms with E-state index in [0.29, 0.717) is 11.1 Å². The number of pyridine rings is 1. The van der Waals surface area contributed by atoms with E-state index >= 15 is 4.39 Å². The van der Waals surface area contributed by atoms with Gasteiger partial charge in [-0.05, 0) is 58.7 Å². The SMILES string of the molecule is Cc1ccc2c(oc3cc(-c4ccc(-c5ccccc5)cc4)c(F)cc32)c1-c1cc(CC(C)(C)C)cc[n+]1C. The van der Waals surface area contributed by atoms with Gasteiger partial charge in [-0.2, -0.15) is 0 Å². The molecule has 6 rings (SSSR count). The molecular weight excluding hydrogens is 481 g/mol. The van der Waals surface area contributed by atoms with Gasteiger partial charge in [-0.25, -0.2) is 8.96 Å². The van der Waals surface area contributed by atoms with Crippen LogP contribution in [0.1, 0.15) is 31.9 Å². The molecule has 0 bridgehead atoms. The molecule has 4 aromatic carbocycles. The van der Waals surface area contributed by atoms with Crippen molar-refractivity contribution in [3.63, 3.8) is 0 Å². The molecule has 0 N–H and O–H groups in total. The summed E-state index contributed by atoms with van der Waals surface area (Å²) in [4.78, 5) is 0. The summed E-state index contributed by atoms with van der Waals surface area (Å²) >= 11 is 0. The number of halogens is 1. The van der Waals surface area contributed by atoms with E-state index in [1.54, 1.807) is 6.07 Å². The summed E-state index contributed by atoms with van der Waals surface area (Å²) in [6.45, 7) is 8.88. The second-order valence-corrected chi connectivity index (χ2v) is 11.8. The van der Waals surface area contributed by atoms with E-state index in [1.807, 2.05) is 54.6 Å². The van der Waals surface area contributed by atoms with Crippen LogP contribution in [0, 0.1) is 18.2 Å². The molecule has 0 saturated heterocycles.